The highest BCUT2D eigenvalue weighted by molar-refractivity contribution is 6.30. The van der Waals surface area contributed by atoms with E-state index in [2.05, 4.69) is 10.4 Å². The Balaban J connectivity index is 2.19. The molecule has 0 radical (unpaired) electrons. The number of rotatable bonds is 4. The first-order valence-electron chi connectivity index (χ1n) is 5.38. The summed E-state index contributed by atoms with van der Waals surface area (Å²) in [7, 11) is 1.95. The number of nitrogens with zero attached hydrogens (tertiary/aromatic N) is 2. The van der Waals surface area contributed by atoms with E-state index in [1.165, 1.54) is 0 Å². The minimum absolute atomic E-state index is 0.0199. The summed E-state index contributed by atoms with van der Waals surface area (Å²) in [5, 5.41) is 0.734. The molecular weight excluding hydrogens is 236 g/mol. The van der Waals surface area contributed by atoms with E-state index < -0.39 is 0 Å². The third-order valence-electron chi connectivity index (χ3n) is 2.70. The third kappa shape index (κ3) is 2.85. The molecule has 0 aliphatic carbocycles. The molecule has 5 heteroatoms. The van der Waals surface area contributed by atoms with Gasteiger partial charge in [-0.05, 0) is 24.1 Å². The van der Waals surface area contributed by atoms with Crippen LogP contribution in [-0.2, 0) is 13.5 Å². The molecule has 2 rings (SSSR count). The van der Waals surface area contributed by atoms with E-state index in [4.69, 9.17) is 17.4 Å². The molecule has 90 valence electrons. The Morgan fingerprint density at radius 1 is 1.53 bits per heavy atom. The quantitative estimate of drug-likeness (QED) is 0.643. The maximum absolute atomic E-state index is 5.96. The van der Waals surface area contributed by atoms with Gasteiger partial charge in [0.2, 0.25) is 0 Å². The lowest BCUT2D eigenvalue weighted by atomic mass is 10.1. The number of hydrazine groups is 1. The van der Waals surface area contributed by atoms with Crippen LogP contribution in [-0.4, -0.2) is 9.55 Å². The normalized spacial score (nSPS) is 12.6. The Morgan fingerprint density at radius 3 is 2.94 bits per heavy atom. The molecule has 1 aromatic heterocycles. The molecule has 0 saturated heterocycles. The molecule has 0 saturated carbocycles. The third-order valence-corrected chi connectivity index (χ3v) is 2.94. The second kappa shape index (κ2) is 5.31. The van der Waals surface area contributed by atoms with Gasteiger partial charge in [0.15, 0.2) is 0 Å². The summed E-state index contributed by atoms with van der Waals surface area (Å²) in [5.41, 5.74) is 3.92. The molecule has 1 atom stereocenters. The summed E-state index contributed by atoms with van der Waals surface area (Å²) < 4.78 is 1.95. The second-order valence-electron chi connectivity index (χ2n) is 3.95. The van der Waals surface area contributed by atoms with Gasteiger partial charge in [-0.3, -0.25) is 5.84 Å². The van der Waals surface area contributed by atoms with Gasteiger partial charge in [-0.1, -0.05) is 23.7 Å². The fraction of sp³-hybridized carbons (Fsp3) is 0.250. The van der Waals surface area contributed by atoms with Crippen molar-refractivity contribution in [2.75, 3.05) is 0 Å². The highest BCUT2D eigenvalue weighted by Gasteiger charge is 2.14. The van der Waals surface area contributed by atoms with Crippen LogP contribution in [0.15, 0.2) is 36.7 Å². The van der Waals surface area contributed by atoms with Crippen molar-refractivity contribution in [3.8, 4) is 0 Å². The zero-order chi connectivity index (χ0) is 12.3. The predicted octanol–water partition coefficient (Wildman–Crippen LogP) is 1.82. The Kier molecular flexibility index (Phi) is 3.78. The molecule has 1 heterocycles. The first kappa shape index (κ1) is 12.1. The fourth-order valence-corrected chi connectivity index (χ4v) is 2.05. The number of nitrogens with two attached hydrogens (primary N) is 1. The van der Waals surface area contributed by atoms with Crippen LogP contribution >= 0.6 is 11.6 Å². The van der Waals surface area contributed by atoms with E-state index >= 15 is 0 Å². The molecule has 1 unspecified atom stereocenters. The molecule has 4 nitrogen and oxygen atoms in total. The van der Waals surface area contributed by atoms with E-state index in [-0.39, 0.29) is 6.04 Å². The van der Waals surface area contributed by atoms with Gasteiger partial charge in [0.1, 0.15) is 5.82 Å². The minimum atomic E-state index is -0.0199. The molecule has 0 fully saturated rings. The lowest BCUT2D eigenvalue weighted by molar-refractivity contribution is 0.507. The number of imidazole rings is 1. The average molecular weight is 251 g/mol. The molecular formula is C12H15ClN4. The largest absolute Gasteiger partial charge is 0.337 e. The molecule has 3 N–H and O–H groups in total. The standard InChI is InChI=1S/C12H15ClN4/c1-17-6-5-15-12(17)11(16-14)8-9-3-2-4-10(13)7-9/h2-7,11,16H,8,14H2,1H3. The minimum Gasteiger partial charge on any atom is -0.337 e. The van der Waals surface area contributed by atoms with E-state index in [1.807, 2.05) is 42.1 Å². The molecule has 0 aliphatic rings. The monoisotopic (exact) mass is 250 g/mol. The van der Waals surface area contributed by atoms with Crippen molar-refractivity contribution < 1.29 is 0 Å². The second-order valence-corrected chi connectivity index (χ2v) is 4.39. The highest BCUT2D eigenvalue weighted by atomic mass is 35.5. The maximum Gasteiger partial charge on any atom is 0.127 e. The number of benzene rings is 1. The van der Waals surface area contributed by atoms with Gasteiger partial charge in [0, 0.05) is 24.5 Å². The smallest absolute Gasteiger partial charge is 0.127 e. The van der Waals surface area contributed by atoms with Crippen molar-refractivity contribution in [2.24, 2.45) is 12.9 Å². The van der Waals surface area contributed by atoms with Gasteiger partial charge in [-0.15, -0.1) is 0 Å². The molecule has 1 aromatic carbocycles. The van der Waals surface area contributed by atoms with Crippen LogP contribution in [0.1, 0.15) is 17.4 Å². The molecule has 0 amide bonds. The summed E-state index contributed by atoms with van der Waals surface area (Å²) in [5.74, 6) is 6.49. The molecule has 2 aromatic rings. The number of aryl methyl sites for hydroxylation is 1. The Hall–Kier alpha value is -1.36. The van der Waals surface area contributed by atoms with Crippen molar-refractivity contribution in [2.45, 2.75) is 12.5 Å². The zero-order valence-electron chi connectivity index (χ0n) is 9.60. The lowest BCUT2D eigenvalue weighted by Gasteiger charge is -2.15. The summed E-state index contributed by atoms with van der Waals surface area (Å²) in [6.07, 6.45) is 4.41. The lowest BCUT2D eigenvalue weighted by Crippen LogP contribution is -2.31. The van der Waals surface area contributed by atoms with Crippen LogP contribution in [0.3, 0.4) is 0 Å². The van der Waals surface area contributed by atoms with Gasteiger partial charge in [0.25, 0.3) is 0 Å². The Morgan fingerprint density at radius 2 is 2.35 bits per heavy atom. The number of halogens is 1. The SMILES string of the molecule is Cn1ccnc1C(Cc1cccc(Cl)c1)NN. The van der Waals surface area contributed by atoms with E-state index in [0.29, 0.717) is 0 Å². The van der Waals surface area contributed by atoms with Crippen LogP contribution in [0.2, 0.25) is 5.02 Å². The average Bonchev–Trinajstić information content (AvgIpc) is 2.72. The number of hydrogen-bond donors (Lipinski definition) is 2. The molecule has 0 aliphatic heterocycles. The number of aromatic nitrogens is 2. The van der Waals surface area contributed by atoms with E-state index in [9.17, 15) is 0 Å². The van der Waals surface area contributed by atoms with Crippen LogP contribution in [0.4, 0.5) is 0 Å². The van der Waals surface area contributed by atoms with Crippen molar-refractivity contribution in [3.05, 3.63) is 53.1 Å². The van der Waals surface area contributed by atoms with Crippen LogP contribution < -0.4 is 11.3 Å². The van der Waals surface area contributed by atoms with Crippen molar-refractivity contribution >= 4 is 11.6 Å². The first-order chi connectivity index (χ1) is 8.20. The van der Waals surface area contributed by atoms with Crippen LogP contribution in [0.5, 0.6) is 0 Å². The zero-order valence-corrected chi connectivity index (χ0v) is 10.4. The topological polar surface area (TPSA) is 55.9 Å². The van der Waals surface area contributed by atoms with Crippen molar-refractivity contribution in [1.82, 2.24) is 15.0 Å². The Labute approximate surface area is 105 Å². The highest BCUT2D eigenvalue weighted by Crippen LogP contribution is 2.18. The molecule has 17 heavy (non-hydrogen) atoms. The predicted molar refractivity (Wildman–Crippen MR) is 68.4 cm³/mol. The van der Waals surface area contributed by atoms with Gasteiger partial charge in [0.05, 0.1) is 6.04 Å². The summed E-state index contributed by atoms with van der Waals surface area (Å²) in [4.78, 5) is 4.29. The Bertz CT molecular complexity index is 495. The maximum atomic E-state index is 5.96. The number of nitrogens with one attached hydrogen (secondary N) is 1. The molecule has 0 spiro atoms. The number of hydrogen-bond acceptors (Lipinski definition) is 3. The summed E-state index contributed by atoms with van der Waals surface area (Å²) >= 11 is 5.96. The first-order valence-corrected chi connectivity index (χ1v) is 5.76. The van der Waals surface area contributed by atoms with Gasteiger partial charge < -0.3 is 4.57 Å². The van der Waals surface area contributed by atoms with Crippen LogP contribution in [0.25, 0.3) is 0 Å². The fourth-order valence-electron chi connectivity index (χ4n) is 1.84. The van der Waals surface area contributed by atoms with Gasteiger partial charge >= 0.3 is 0 Å². The van der Waals surface area contributed by atoms with Crippen molar-refractivity contribution in [1.29, 1.82) is 0 Å². The summed E-state index contributed by atoms with van der Waals surface area (Å²) in [6.45, 7) is 0. The van der Waals surface area contributed by atoms with Crippen molar-refractivity contribution in [3.63, 3.8) is 0 Å². The van der Waals surface area contributed by atoms with Gasteiger partial charge in [-0.2, -0.15) is 0 Å². The van der Waals surface area contributed by atoms with Gasteiger partial charge in [-0.25, -0.2) is 10.4 Å². The summed E-state index contributed by atoms with van der Waals surface area (Å²) in [6, 6.07) is 7.74. The van der Waals surface area contributed by atoms with E-state index in [1.54, 1.807) is 6.20 Å². The van der Waals surface area contributed by atoms with E-state index in [0.717, 1.165) is 22.8 Å². The molecule has 0 bridgehead atoms. The van der Waals surface area contributed by atoms with Crippen LogP contribution in [0, 0.1) is 0 Å².